The van der Waals surface area contributed by atoms with E-state index in [-0.39, 0.29) is 19.0 Å². The molecule has 0 atom stereocenters. The van der Waals surface area contributed by atoms with Gasteiger partial charge in [0.25, 0.3) is 0 Å². The summed E-state index contributed by atoms with van der Waals surface area (Å²) in [5.41, 5.74) is 1.55. The molecule has 10 heteroatoms. The molecule has 8 nitrogen and oxygen atoms in total. The molecule has 0 amide bonds. The van der Waals surface area contributed by atoms with Gasteiger partial charge in [-0.3, -0.25) is 4.90 Å². The Balaban J connectivity index is 0.00000306. The molecule has 1 saturated heterocycles. The number of nitriles is 1. The molecule has 2 N–H and O–H groups in total. The Hall–Kier alpha value is -2.83. The maximum Gasteiger partial charge on any atom is 0.159 e. The van der Waals surface area contributed by atoms with Crippen LogP contribution in [0.15, 0.2) is 36.4 Å². The fourth-order valence-electron chi connectivity index (χ4n) is 3.90. The van der Waals surface area contributed by atoms with E-state index in [9.17, 15) is 10.4 Å². The quantitative estimate of drug-likeness (QED) is 0.522. The number of fused-ring (bicyclic) bond motifs is 1. The molecule has 1 aromatic heterocycles. The minimum atomic E-state index is 0. The lowest BCUT2D eigenvalue weighted by Gasteiger charge is -2.35. The van der Waals surface area contributed by atoms with E-state index in [1.807, 2.05) is 36.4 Å². The number of β-amino-alcohol motifs (C(OH)–C–C–N with tert-alkyl or cyclic N) is 1. The van der Waals surface area contributed by atoms with Crippen LogP contribution < -0.4 is 15.0 Å². The first-order valence-corrected chi connectivity index (χ1v) is 10.9. The van der Waals surface area contributed by atoms with Gasteiger partial charge in [0, 0.05) is 50.0 Å². The molecule has 1 fully saturated rings. The van der Waals surface area contributed by atoms with Gasteiger partial charge in [-0.2, -0.15) is 5.26 Å². The topological polar surface area (TPSA) is 97.5 Å². The number of benzene rings is 2. The summed E-state index contributed by atoms with van der Waals surface area (Å²) < 4.78 is 5.21. The molecule has 0 spiro atoms. The molecule has 1 aliphatic heterocycles. The molecular formula is C23H26Cl2N6O2. The summed E-state index contributed by atoms with van der Waals surface area (Å²) in [6.07, 6.45) is 0. The fraction of sp³-hybridized carbons (Fsp3) is 0.348. The van der Waals surface area contributed by atoms with Gasteiger partial charge in [0.1, 0.15) is 5.75 Å². The van der Waals surface area contributed by atoms with Gasteiger partial charge in [0.05, 0.1) is 30.4 Å². The molecule has 0 aliphatic carbocycles. The predicted molar refractivity (Wildman–Crippen MR) is 133 cm³/mol. The highest BCUT2D eigenvalue weighted by Crippen LogP contribution is 2.31. The zero-order chi connectivity index (χ0) is 22.5. The molecule has 0 bridgehead atoms. The molecule has 33 heavy (non-hydrogen) atoms. The number of hydrogen-bond donors (Lipinski definition) is 2. The van der Waals surface area contributed by atoms with Crippen LogP contribution in [0.4, 0.5) is 11.6 Å². The number of methoxy groups -OCH3 is 1. The van der Waals surface area contributed by atoms with E-state index in [1.54, 1.807) is 7.11 Å². The largest absolute Gasteiger partial charge is 0.495 e. The van der Waals surface area contributed by atoms with E-state index in [0.29, 0.717) is 35.2 Å². The van der Waals surface area contributed by atoms with Crippen LogP contribution in [-0.2, 0) is 6.54 Å². The average Bonchev–Trinajstić information content (AvgIpc) is 2.83. The van der Waals surface area contributed by atoms with Crippen LogP contribution in [0.5, 0.6) is 5.75 Å². The minimum absolute atomic E-state index is 0. The first-order valence-electron chi connectivity index (χ1n) is 10.5. The molecule has 4 rings (SSSR count). The Kier molecular flexibility index (Phi) is 8.53. The number of nitrogens with zero attached hydrogens (tertiary/aromatic N) is 5. The third-order valence-electron chi connectivity index (χ3n) is 5.65. The van der Waals surface area contributed by atoms with E-state index >= 15 is 0 Å². The van der Waals surface area contributed by atoms with Crippen molar-refractivity contribution < 1.29 is 9.84 Å². The first-order chi connectivity index (χ1) is 15.6. The summed E-state index contributed by atoms with van der Waals surface area (Å²) >= 11 is 6.24. The lowest BCUT2D eigenvalue weighted by Crippen LogP contribution is -2.47. The van der Waals surface area contributed by atoms with Crippen molar-refractivity contribution in [2.24, 2.45) is 0 Å². The predicted octanol–water partition coefficient (Wildman–Crippen LogP) is 3.31. The van der Waals surface area contributed by atoms with Gasteiger partial charge in [-0.25, -0.2) is 0 Å². The highest BCUT2D eigenvalue weighted by molar-refractivity contribution is 6.32. The normalized spacial score (nSPS) is 13.9. The van der Waals surface area contributed by atoms with Crippen molar-refractivity contribution in [3.05, 3.63) is 52.5 Å². The van der Waals surface area contributed by atoms with E-state index in [1.165, 1.54) is 0 Å². The van der Waals surface area contributed by atoms with Crippen LogP contribution >= 0.6 is 24.0 Å². The number of halogens is 2. The van der Waals surface area contributed by atoms with Crippen LogP contribution in [0.1, 0.15) is 11.1 Å². The van der Waals surface area contributed by atoms with Crippen LogP contribution in [0, 0.1) is 11.3 Å². The number of rotatable bonds is 7. The Bertz CT molecular complexity index is 1150. The van der Waals surface area contributed by atoms with E-state index in [4.69, 9.17) is 16.3 Å². The first kappa shape index (κ1) is 24.8. The maximum atomic E-state index is 9.40. The number of aliphatic hydroxyl groups is 1. The standard InChI is InChI=1S/C23H25ClN6O2.ClH/c1-32-21-5-3-17(13-20(21)24)15-26-22-19-12-16(14-25)2-4-18(19)23(28-27-22)30-8-6-29(7-9-30)10-11-31;/h2-5,12-13,31H,6-11,15H2,1H3,(H,26,27);1H. The maximum absolute atomic E-state index is 9.40. The number of anilines is 2. The molecule has 2 aromatic carbocycles. The van der Waals surface area contributed by atoms with Crippen LogP contribution in [0.25, 0.3) is 10.8 Å². The van der Waals surface area contributed by atoms with Crippen molar-refractivity contribution in [2.45, 2.75) is 6.54 Å². The number of ether oxygens (including phenoxy) is 1. The monoisotopic (exact) mass is 488 g/mol. The van der Waals surface area contributed by atoms with Crippen molar-refractivity contribution in [2.75, 3.05) is 56.7 Å². The second-order valence-electron chi connectivity index (χ2n) is 7.62. The zero-order valence-electron chi connectivity index (χ0n) is 18.3. The van der Waals surface area contributed by atoms with Crippen molar-refractivity contribution in [1.82, 2.24) is 15.1 Å². The van der Waals surface area contributed by atoms with Gasteiger partial charge < -0.3 is 20.1 Å². The highest BCUT2D eigenvalue weighted by Gasteiger charge is 2.21. The van der Waals surface area contributed by atoms with Gasteiger partial charge in [0.2, 0.25) is 0 Å². The Morgan fingerprint density at radius 2 is 1.91 bits per heavy atom. The van der Waals surface area contributed by atoms with Gasteiger partial charge in [-0.05, 0) is 35.9 Å². The van der Waals surface area contributed by atoms with E-state index in [0.717, 1.165) is 48.3 Å². The summed E-state index contributed by atoms with van der Waals surface area (Å²) in [5, 5.41) is 33.3. The lowest BCUT2D eigenvalue weighted by molar-refractivity contribution is 0.188. The number of aromatic nitrogens is 2. The smallest absolute Gasteiger partial charge is 0.159 e. The molecule has 2 heterocycles. The van der Waals surface area contributed by atoms with E-state index in [2.05, 4.69) is 31.4 Å². The van der Waals surface area contributed by atoms with Crippen molar-refractivity contribution in [3.63, 3.8) is 0 Å². The second-order valence-corrected chi connectivity index (χ2v) is 8.03. The Labute approximate surface area is 204 Å². The Morgan fingerprint density at radius 3 is 2.58 bits per heavy atom. The van der Waals surface area contributed by atoms with Gasteiger partial charge >= 0.3 is 0 Å². The molecule has 0 unspecified atom stereocenters. The minimum Gasteiger partial charge on any atom is -0.495 e. The van der Waals surface area contributed by atoms with E-state index < -0.39 is 0 Å². The molecule has 174 valence electrons. The number of hydrogen-bond acceptors (Lipinski definition) is 8. The van der Waals surface area contributed by atoms with Crippen molar-refractivity contribution in [3.8, 4) is 11.8 Å². The second kappa shape index (κ2) is 11.3. The number of nitrogens with one attached hydrogen (secondary N) is 1. The third kappa shape index (κ3) is 5.57. The molecule has 0 saturated carbocycles. The highest BCUT2D eigenvalue weighted by atomic mass is 35.5. The van der Waals surface area contributed by atoms with Crippen LogP contribution in [0.3, 0.4) is 0 Å². The zero-order valence-corrected chi connectivity index (χ0v) is 19.9. The van der Waals surface area contributed by atoms with Crippen molar-refractivity contribution in [1.29, 1.82) is 5.26 Å². The van der Waals surface area contributed by atoms with Crippen LogP contribution in [0.2, 0.25) is 5.02 Å². The lowest BCUT2D eigenvalue weighted by atomic mass is 10.1. The third-order valence-corrected chi connectivity index (χ3v) is 5.95. The molecule has 3 aromatic rings. The van der Waals surface area contributed by atoms with Gasteiger partial charge in [0.15, 0.2) is 11.6 Å². The average molecular weight is 489 g/mol. The number of aliphatic hydroxyl groups excluding tert-OH is 1. The van der Waals surface area contributed by atoms with Gasteiger partial charge in [-0.15, -0.1) is 22.6 Å². The molecular weight excluding hydrogens is 463 g/mol. The Morgan fingerprint density at radius 1 is 1.12 bits per heavy atom. The van der Waals surface area contributed by atoms with Crippen molar-refractivity contribution >= 4 is 46.4 Å². The summed E-state index contributed by atoms with van der Waals surface area (Å²) in [7, 11) is 1.59. The summed E-state index contributed by atoms with van der Waals surface area (Å²) in [6, 6.07) is 13.4. The SMILES string of the molecule is COc1ccc(CNc2nnc(N3CCN(CCO)CC3)c3ccc(C#N)cc23)cc1Cl.Cl. The fourth-order valence-corrected chi connectivity index (χ4v) is 4.18. The number of piperazine rings is 1. The molecule has 1 aliphatic rings. The summed E-state index contributed by atoms with van der Waals surface area (Å²) in [5.74, 6) is 2.06. The summed E-state index contributed by atoms with van der Waals surface area (Å²) in [4.78, 5) is 4.44. The molecule has 0 radical (unpaired) electrons. The van der Waals surface area contributed by atoms with Crippen LogP contribution in [-0.4, -0.2) is 66.6 Å². The van der Waals surface area contributed by atoms with Gasteiger partial charge in [-0.1, -0.05) is 17.7 Å². The summed E-state index contributed by atoms with van der Waals surface area (Å²) in [6.45, 7) is 4.69.